The minimum atomic E-state index is -0.347. The summed E-state index contributed by atoms with van der Waals surface area (Å²) in [6.07, 6.45) is 0.370. The van der Waals surface area contributed by atoms with Crippen LogP contribution in [0, 0.1) is 6.92 Å². The molecule has 0 spiro atoms. The molecule has 23 heavy (non-hydrogen) atoms. The Kier molecular flexibility index (Phi) is 4.57. The number of ether oxygens (including phenoxy) is 1. The zero-order valence-corrected chi connectivity index (χ0v) is 13.6. The van der Waals surface area contributed by atoms with Gasteiger partial charge in [0.1, 0.15) is 6.61 Å². The quantitative estimate of drug-likeness (QED) is 0.913. The number of hydrogen-bond donors (Lipinski definition) is 1. The molecule has 7 heteroatoms. The Morgan fingerprint density at radius 2 is 2.17 bits per heavy atom. The van der Waals surface area contributed by atoms with E-state index in [0.717, 1.165) is 16.4 Å². The van der Waals surface area contributed by atoms with Gasteiger partial charge in [0.15, 0.2) is 0 Å². The number of nitrogens with zero attached hydrogens (tertiary/aromatic N) is 2. The fraction of sp³-hybridized carbons (Fsp3) is 0.312. The van der Waals surface area contributed by atoms with E-state index in [2.05, 4.69) is 10.3 Å². The second kappa shape index (κ2) is 6.78. The minimum absolute atomic E-state index is 0.132. The number of benzene rings is 1. The molecule has 1 saturated heterocycles. The van der Waals surface area contributed by atoms with Gasteiger partial charge in [-0.1, -0.05) is 0 Å². The van der Waals surface area contributed by atoms with Crippen molar-refractivity contribution in [3.63, 3.8) is 0 Å². The molecule has 1 fully saturated rings. The Morgan fingerprint density at radius 1 is 1.39 bits per heavy atom. The molecule has 2 heterocycles. The number of anilines is 1. The van der Waals surface area contributed by atoms with Gasteiger partial charge in [0.05, 0.1) is 17.2 Å². The van der Waals surface area contributed by atoms with Crippen LogP contribution < -0.4 is 10.2 Å². The summed E-state index contributed by atoms with van der Waals surface area (Å²) in [6.45, 7) is 3.45. The molecule has 2 aromatic rings. The summed E-state index contributed by atoms with van der Waals surface area (Å²) in [6, 6.07) is 6.93. The van der Waals surface area contributed by atoms with Crippen LogP contribution in [-0.4, -0.2) is 36.7 Å². The van der Waals surface area contributed by atoms with Gasteiger partial charge in [-0.15, -0.1) is 11.3 Å². The van der Waals surface area contributed by atoms with Crippen LogP contribution in [0.1, 0.15) is 21.1 Å². The van der Waals surface area contributed by atoms with Crippen LogP contribution in [-0.2, 0) is 11.2 Å². The van der Waals surface area contributed by atoms with E-state index in [1.807, 2.05) is 12.3 Å². The molecule has 1 aliphatic rings. The number of aromatic nitrogens is 1. The molecule has 0 saturated carbocycles. The summed E-state index contributed by atoms with van der Waals surface area (Å²) in [5, 5.41) is 5.91. The monoisotopic (exact) mass is 331 g/mol. The van der Waals surface area contributed by atoms with Crippen LogP contribution in [0.5, 0.6) is 0 Å². The highest BCUT2D eigenvalue weighted by molar-refractivity contribution is 7.09. The van der Waals surface area contributed by atoms with Crippen molar-refractivity contribution in [1.29, 1.82) is 0 Å². The molecular formula is C16H17N3O3S. The average molecular weight is 331 g/mol. The lowest BCUT2D eigenvalue weighted by atomic mass is 10.2. The third kappa shape index (κ3) is 3.68. The van der Waals surface area contributed by atoms with E-state index in [1.165, 1.54) is 0 Å². The lowest BCUT2D eigenvalue weighted by molar-refractivity contribution is 0.0954. The lowest BCUT2D eigenvalue weighted by Crippen LogP contribution is -2.26. The van der Waals surface area contributed by atoms with Crippen molar-refractivity contribution < 1.29 is 14.3 Å². The van der Waals surface area contributed by atoms with Crippen LogP contribution in [0.15, 0.2) is 29.6 Å². The number of carbonyl (C=O) groups excluding carboxylic acids is 2. The lowest BCUT2D eigenvalue weighted by Gasteiger charge is -2.13. The average Bonchev–Trinajstić information content (AvgIpc) is 3.16. The highest BCUT2D eigenvalue weighted by Gasteiger charge is 2.23. The van der Waals surface area contributed by atoms with E-state index in [1.54, 1.807) is 40.5 Å². The zero-order chi connectivity index (χ0) is 16.2. The van der Waals surface area contributed by atoms with Crippen molar-refractivity contribution in [1.82, 2.24) is 10.3 Å². The molecule has 1 N–H and O–H groups in total. The summed E-state index contributed by atoms with van der Waals surface area (Å²) in [4.78, 5) is 29.5. The van der Waals surface area contributed by atoms with Crippen molar-refractivity contribution in [3.8, 4) is 0 Å². The summed E-state index contributed by atoms with van der Waals surface area (Å²) in [5.41, 5.74) is 2.30. The summed E-state index contributed by atoms with van der Waals surface area (Å²) in [7, 11) is 0. The Labute approximate surface area is 138 Å². The molecule has 1 aromatic heterocycles. The first kappa shape index (κ1) is 15.5. The molecule has 3 rings (SSSR count). The van der Waals surface area contributed by atoms with Gasteiger partial charge in [0, 0.05) is 29.6 Å². The van der Waals surface area contributed by atoms with E-state index in [-0.39, 0.29) is 12.0 Å². The van der Waals surface area contributed by atoms with Gasteiger partial charge in [0.25, 0.3) is 5.91 Å². The van der Waals surface area contributed by atoms with Crippen LogP contribution in [0.25, 0.3) is 0 Å². The van der Waals surface area contributed by atoms with E-state index >= 15 is 0 Å². The van der Waals surface area contributed by atoms with Crippen molar-refractivity contribution >= 4 is 29.0 Å². The van der Waals surface area contributed by atoms with E-state index in [0.29, 0.717) is 31.7 Å². The number of aryl methyl sites for hydroxylation is 1. The predicted octanol–water partition coefficient (Wildman–Crippen LogP) is 2.38. The molecule has 0 aliphatic carbocycles. The molecule has 1 aromatic carbocycles. The Bertz CT molecular complexity index is 712. The van der Waals surface area contributed by atoms with Gasteiger partial charge in [-0.3, -0.25) is 9.69 Å². The number of hydrogen-bond acceptors (Lipinski definition) is 5. The third-order valence-corrected chi connectivity index (χ3v) is 4.36. The van der Waals surface area contributed by atoms with Crippen LogP contribution in [0.2, 0.25) is 0 Å². The SMILES string of the molecule is Cc1nc(CCNC(=O)c2ccc(N3CCOC3=O)cc2)cs1. The van der Waals surface area contributed by atoms with E-state index in [4.69, 9.17) is 4.74 Å². The standard InChI is InChI=1S/C16H17N3O3S/c1-11-18-13(10-23-11)6-7-17-15(20)12-2-4-14(5-3-12)19-8-9-22-16(19)21/h2-5,10H,6-9H2,1H3,(H,17,20). The maximum atomic E-state index is 12.1. The van der Waals surface area contributed by atoms with Gasteiger partial charge >= 0.3 is 6.09 Å². The van der Waals surface area contributed by atoms with Crippen LogP contribution in [0.3, 0.4) is 0 Å². The molecule has 2 amide bonds. The fourth-order valence-corrected chi connectivity index (χ4v) is 3.00. The number of carbonyl (C=O) groups is 2. The number of nitrogens with one attached hydrogen (secondary N) is 1. The van der Waals surface area contributed by atoms with Crippen molar-refractivity contribution in [2.75, 3.05) is 24.6 Å². The Morgan fingerprint density at radius 3 is 2.78 bits per heavy atom. The number of thiazole rings is 1. The first-order chi connectivity index (χ1) is 11.1. The Balaban J connectivity index is 1.54. The summed E-state index contributed by atoms with van der Waals surface area (Å²) < 4.78 is 4.90. The Hall–Kier alpha value is -2.41. The zero-order valence-electron chi connectivity index (χ0n) is 12.7. The van der Waals surface area contributed by atoms with Crippen molar-refractivity contribution in [3.05, 3.63) is 45.9 Å². The molecule has 0 radical (unpaired) electrons. The molecule has 0 unspecified atom stereocenters. The molecule has 0 bridgehead atoms. The second-order valence-corrected chi connectivity index (χ2v) is 6.24. The topological polar surface area (TPSA) is 71.5 Å². The van der Waals surface area contributed by atoms with E-state index in [9.17, 15) is 9.59 Å². The maximum absolute atomic E-state index is 12.1. The largest absolute Gasteiger partial charge is 0.447 e. The van der Waals surface area contributed by atoms with E-state index < -0.39 is 0 Å². The minimum Gasteiger partial charge on any atom is -0.447 e. The van der Waals surface area contributed by atoms with Crippen molar-refractivity contribution in [2.24, 2.45) is 0 Å². The highest BCUT2D eigenvalue weighted by Crippen LogP contribution is 2.19. The number of cyclic esters (lactones) is 1. The van der Waals surface area contributed by atoms with Crippen LogP contribution in [0.4, 0.5) is 10.5 Å². The normalized spacial score (nSPS) is 14.0. The van der Waals surface area contributed by atoms with Crippen molar-refractivity contribution in [2.45, 2.75) is 13.3 Å². The fourth-order valence-electron chi connectivity index (χ4n) is 2.35. The summed E-state index contributed by atoms with van der Waals surface area (Å²) in [5.74, 6) is -0.132. The van der Waals surface area contributed by atoms with Gasteiger partial charge in [-0.05, 0) is 31.2 Å². The molecule has 1 aliphatic heterocycles. The maximum Gasteiger partial charge on any atom is 0.414 e. The molecule has 120 valence electrons. The third-order valence-electron chi connectivity index (χ3n) is 3.54. The number of rotatable bonds is 5. The van der Waals surface area contributed by atoms with Gasteiger partial charge < -0.3 is 10.1 Å². The molecular weight excluding hydrogens is 314 g/mol. The summed E-state index contributed by atoms with van der Waals surface area (Å²) >= 11 is 1.61. The molecule has 0 atom stereocenters. The second-order valence-electron chi connectivity index (χ2n) is 5.18. The van der Waals surface area contributed by atoms with Crippen LogP contribution >= 0.6 is 11.3 Å². The highest BCUT2D eigenvalue weighted by atomic mass is 32.1. The van der Waals surface area contributed by atoms with Gasteiger partial charge in [-0.2, -0.15) is 0 Å². The van der Waals surface area contributed by atoms with Gasteiger partial charge in [0.2, 0.25) is 0 Å². The number of amides is 2. The first-order valence-corrected chi connectivity index (χ1v) is 8.25. The molecule has 6 nitrogen and oxygen atoms in total. The van der Waals surface area contributed by atoms with Gasteiger partial charge in [-0.25, -0.2) is 9.78 Å². The predicted molar refractivity (Wildman–Crippen MR) is 88.0 cm³/mol. The smallest absolute Gasteiger partial charge is 0.414 e. The first-order valence-electron chi connectivity index (χ1n) is 7.37.